The first-order chi connectivity index (χ1) is 6.70. The lowest BCUT2D eigenvalue weighted by molar-refractivity contribution is 0.522. The number of aryl methyl sites for hydroxylation is 1. The summed E-state index contributed by atoms with van der Waals surface area (Å²) in [6.07, 6.45) is 4.10. The van der Waals surface area contributed by atoms with Gasteiger partial charge in [0.25, 0.3) is 0 Å². The molecule has 1 fully saturated rings. The van der Waals surface area contributed by atoms with Crippen molar-refractivity contribution in [1.29, 1.82) is 0 Å². The first-order valence-corrected chi connectivity index (χ1v) is 6.33. The van der Waals surface area contributed by atoms with Crippen LogP contribution in [-0.4, -0.2) is 7.05 Å². The normalized spacial score (nSPS) is 18.5. The van der Waals surface area contributed by atoms with E-state index in [1.807, 2.05) is 7.05 Å². The van der Waals surface area contributed by atoms with Gasteiger partial charge in [-0.2, -0.15) is 0 Å². The van der Waals surface area contributed by atoms with E-state index >= 15 is 0 Å². The van der Waals surface area contributed by atoms with Crippen LogP contribution in [0.15, 0.2) is 6.07 Å². The zero-order valence-corrected chi connectivity index (χ0v) is 10.2. The van der Waals surface area contributed by atoms with Gasteiger partial charge in [-0.15, -0.1) is 11.3 Å². The van der Waals surface area contributed by atoms with E-state index in [1.165, 1.54) is 29.7 Å². The van der Waals surface area contributed by atoms with Gasteiger partial charge in [0.1, 0.15) is 0 Å². The molecule has 0 bridgehead atoms. The number of hydrogen-bond acceptors (Lipinski definition) is 2. The van der Waals surface area contributed by atoms with E-state index in [9.17, 15) is 0 Å². The highest BCUT2D eigenvalue weighted by molar-refractivity contribution is 7.16. The summed E-state index contributed by atoms with van der Waals surface area (Å²) in [7, 11) is 2.04. The summed E-state index contributed by atoms with van der Waals surface area (Å²) in [5.74, 6) is 0.952. The highest BCUT2D eigenvalue weighted by atomic mass is 35.5. The fraction of sp³-hybridized carbons (Fsp3) is 0.636. The van der Waals surface area contributed by atoms with E-state index in [0.717, 1.165) is 10.3 Å². The van der Waals surface area contributed by atoms with Gasteiger partial charge in [0.2, 0.25) is 0 Å². The van der Waals surface area contributed by atoms with E-state index < -0.39 is 0 Å². The smallest absolute Gasteiger partial charge is 0.0960 e. The van der Waals surface area contributed by atoms with Crippen LogP contribution in [0.1, 0.15) is 35.7 Å². The Morgan fingerprint density at radius 1 is 1.64 bits per heavy atom. The molecule has 0 aromatic carbocycles. The molecule has 1 heterocycles. The molecule has 1 atom stereocenters. The quantitative estimate of drug-likeness (QED) is 0.829. The van der Waals surface area contributed by atoms with Crippen LogP contribution >= 0.6 is 22.9 Å². The third-order valence-corrected chi connectivity index (χ3v) is 4.50. The van der Waals surface area contributed by atoms with Crippen molar-refractivity contribution in [1.82, 2.24) is 5.32 Å². The van der Waals surface area contributed by atoms with Gasteiger partial charge in [0, 0.05) is 10.9 Å². The number of hydrogen-bond donors (Lipinski definition) is 1. The maximum atomic E-state index is 6.07. The molecule has 1 aromatic heterocycles. The van der Waals surface area contributed by atoms with Crippen LogP contribution in [0.25, 0.3) is 0 Å². The largest absolute Gasteiger partial charge is 0.312 e. The SMILES string of the molecule is CNC(CC1CC1)c1cc(C)c(Cl)s1. The van der Waals surface area contributed by atoms with Crippen molar-refractivity contribution in [3.8, 4) is 0 Å². The Morgan fingerprint density at radius 2 is 2.36 bits per heavy atom. The van der Waals surface area contributed by atoms with Crippen LogP contribution in [0.2, 0.25) is 4.34 Å². The average Bonchev–Trinajstić information content (AvgIpc) is 2.91. The standard InChI is InChI=1S/C11H16ClNS/c1-7-5-10(14-11(7)12)9(13-2)6-8-3-4-8/h5,8-9,13H,3-4,6H2,1-2H3. The number of nitrogens with one attached hydrogen (secondary N) is 1. The number of rotatable bonds is 4. The molecule has 1 aromatic rings. The molecule has 1 N–H and O–H groups in total. The van der Waals surface area contributed by atoms with Crippen LogP contribution < -0.4 is 5.32 Å². The molecular weight excluding hydrogens is 214 g/mol. The van der Waals surface area contributed by atoms with Crippen LogP contribution in [0.5, 0.6) is 0 Å². The zero-order chi connectivity index (χ0) is 10.1. The molecule has 78 valence electrons. The molecule has 1 aliphatic rings. The third kappa shape index (κ3) is 2.30. The Kier molecular flexibility index (Phi) is 3.15. The topological polar surface area (TPSA) is 12.0 Å². The molecule has 0 radical (unpaired) electrons. The maximum absolute atomic E-state index is 6.07. The Balaban J connectivity index is 2.08. The van der Waals surface area contributed by atoms with Gasteiger partial charge in [-0.3, -0.25) is 0 Å². The lowest BCUT2D eigenvalue weighted by Crippen LogP contribution is -2.15. The molecule has 0 spiro atoms. The highest BCUT2D eigenvalue weighted by Crippen LogP contribution is 2.40. The van der Waals surface area contributed by atoms with E-state index in [0.29, 0.717) is 6.04 Å². The summed E-state index contributed by atoms with van der Waals surface area (Å²) in [5.41, 5.74) is 1.21. The summed E-state index contributed by atoms with van der Waals surface area (Å²) in [5, 5.41) is 3.38. The Bertz CT molecular complexity index is 298. The minimum absolute atomic E-state index is 0.513. The molecule has 14 heavy (non-hydrogen) atoms. The van der Waals surface area contributed by atoms with Crippen LogP contribution in [0, 0.1) is 12.8 Å². The van der Waals surface area contributed by atoms with E-state index in [1.54, 1.807) is 11.3 Å². The Labute approximate surface area is 94.5 Å². The lowest BCUT2D eigenvalue weighted by atomic mass is 10.1. The molecule has 3 heteroatoms. The summed E-state index contributed by atoms with van der Waals surface area (Å²) >= 11 is 7.79. The molecule has 1 unspecified atom stereocenters. The minimum Gasteiger partial charge on any atom is -0.312 e. The van der Waals surface area contributed by atoms with Gasteiger partial charge < -0.3 is 5.32 Å². The van der Waals surface area contributed by atoms with E-state index in [2.05, 4.69) is 18.3 Å². The number of thiophene rings is 1. The first-order valence-electron chi connectivity index (χ1n) is 5.13. The highest BCUT2D eigenvalue weighted by Gasteiger charge is 2.26. The zero-order valence-electron chi connectivity index (χ0n) is 8.64. The molecule has 0 amide bonds. The van der Waals surface area contributed by atoms with Crippen molar-refractivity contribution >= 4 is 22.9 Å². The van der Waals surface area contributed by atoms with Crippen molar-refractivity contribution < 1.29 is 0 Å². The third-order valence-electron chi connectivity index (χ3n) is 2.83. The van der Waals surface area contributed by atoms with Crippen molar-refractivity contribution in [2.75, 3.05) is 7.05 Å². The van der Waals surface area contributed by atoms with Gasteiger partial charge in [-0.25, -0.2) is 0 Å². The van der Waals surface area contributed by atoms with Crippen molar-refractivity contribution in [2.24, 2.45) is 5.92 Å². The average molecular weight is 230 g/mol. The predicted octanol–water partition coefficient (Wildman–Crippen LogP) is 3.77. The minimum atomic E-state index is 0.513. The maximum Gasteiger partial charge on any atom is 0.0960 e. The van der Waals surface area contributed by atoms with Crippen molar-refractivity contribution in [2.45, 2.75) is 32.2 Å². The Hall–Kier alpha value is -0.0500. The lowest BCUT2D eigenvalue weighted by Gasteiger charge is -2.13. The number of halogens is 1. The summed E-state index contributed by atoms with van der Waals surface area (Å²) in [4.78, 5) is 1.39. The summed E-state index contributed by atoms with van der Waals surface area (Å²) in [6.45, 7) is 2.08. The molecular formula is C11H16ClNS. The van der Waals surface area contributed by atoms with E-state index in [4.69, 9.17) is 11.6 Å². The van der Waals surface area contributed by atoms with Crippen LogP contribution in [-0.2, 0) is 0 Å². The molecule has 0 saturated heterocycles. The molecule has 1 saturated carbocycles. The van der Waals surface area contributed by atoms with Crippen LogP contribution in [0.3, 0.4) is 0 Å². The van der Waals surface area contributed by atoms with E-state index in [-0.39, 0.29) is 0 Å². The molecule has 2 rings (SSSR count). The van der Waals surface area contributed by atoms with Crippen LogP contribution in [0.4, 0.5) is 0 Å². The van der Waals surface area contributed by atoms with Gasteiger partial charge in [-0.1, -0.05) is 24.4 Å². The van der Waals surface area contributed by atoms with Gasteiger partial charge in [-0.05, 0) is 37.9 Å². The van der Waals surface area contributed by atoms with Gasteiger partial charge in [0.15, 0.2) is 0 Å². The van der Waals surface area contributed by atoms with Crippen molar-refractivity contribution in [3.63, 3.8) is 0 Å². The Morgan fingerprint density at radius 3 is 2.79 bits per heavy atom. The second-order valence-electron chi connectivity index (χ2n) is 4.13. The van der Waals surface area contributed by atoms with Crippen molar-refractivity contribution in [3.05, 3.63) is 20.8 Å². The summed E-state index contributed by atoms with van der Waals surface area (Å²) < 4.78 is 0.941. The van der Waals surface area contributed by atoms with Gasteiger partial charge >= 0.3 is 0 Å². The summed E-state index contributed by atoms with van der Waals surface area (Å²) in [6, 6.07) is 2.73. The molecule has 0 aliphatic heterocycles. The monoisotopic (exact) mass is 229 g/mol. The molecule has 1 nitrogen and oxygen atoms in total. The molecule has 1 aliphatic carbocycles. The first kappa shape index (κ1) is 10.5. The second-order valence-corrected chi connectivity index (χ2v) is 5.81. The second kappa shape index (κ2) is 4.21. The fourth-order valence-corrected chi connectivity index (χ4v) is 3.06. The van der Waals surface area contributed by atoms with Gasteiger partial charge in [0.05, 0.1) is 4.34 Å². The predicted molar refractivity (Wildman–Crippen MR) is 63.2 cm³/mol. The fourth-order valence-electron chi connectivity index (χ4n) is 1.72.